The molecule has 6 nitrogen and oxygen atoms in total. The van der Waals surface area contributed by atoms with Crippen LogP contribution in [0.15, 0.2) is 24.3 Å². The Labute approximate surface area is 140 Å². The molecule has 23 heavy (non-hydrogen) atoms. The largest absolute Gasteiger partial charge is 0.387 e. The summed E-state index contributed by atoms with van der Waals surface area (Å²) in [5.41, 5.74) is 6.78. The smallest absolute Gasteiger partial charge is 0.238 e. The lowest BCUT2D eigenvalue weighted by Gasteiger charge is -2.27. The zero-order chi connectivity index (χ0) is 15.5. The number of amides is 1. The van der Waals surface area contributed by atoms with Crippen molar-refractivity contribution in [2.45, 2.75) is 24.6 Å². The molecule has 8 heteroatoms. The fourth-order valence-corrected chi connectivity index (χ4v) is 3.09. The van der Waals surface area contributed by atoms with Gasteiger partial charge in [-0.15, -0.1) is 12.4 Å². The number of fused-ring (bicyclic) bond motifs is 1. The number of hydrazine groups is 1. The van der Waals surface area contributed by atoms with E-state index in [2.05, 4.69) is 21.5 Å². The fourth-order valence-electron chi connectivity index (χ4n) is 3.09. The van der Waals surface area contributed by atoms with Crippen LogP contribution in [0.4, 0.5) is 4.39 Å². The van der Waals surface area contributed by atoms with Crippen molar-refractivity contribution in [2.75, 3.05) is 19.6 Å². The monoisotopic (exact) mass is 344 g/mol. The van der Waals surface area contributed by atoms with E-state index in [4.69, 9.17) is 0 Å². The van der Waals surface area contributed by atoms with Gasteiger partial charge in [-0.3, -0.25) is 10.2 Å². The standard InChI is InChI=1S/C15H21FN4O2.ClH/c16-10-3-1-9(2-4-10)13(21)8-18-15(22)14-11-7-17-6-5-12(11)19-20-14;/h1-4,11-14,17,19-21H,5-8H2,(H,18,22);1H. The zero-order valence-electron chi connectivity index (χ0n) is 12.6. The highest BCUT2D eigenvalue weighted by Gasteiger charge is 2.41. The molecule has 0 aromatic heterocycles. The Hall–Kier alpha value is -1.25. The highest BCUT2D eigenvalue weighted by atomic mass is 35.5. The Morgan fingerprint density at radius 1 is 1.35 bits per heavy atom. The minimum absolute atomic E-state index is 0. The molecule has 5 N–H and O–H groups in total. The fraction of sp³-hybridized carbons (Fsp3) is 0.533. The predicted octanol–water partition coefficient (Wildman–Crippen LogP) is -0.148. The molecule has 2 aliphatic heterocycles. The Bertz CT molecular complexity index is 531. The maximum atomic E-state index is 12.9. The second kappa shape index (κ2) is 8.03. The minimum atomic E-state index is -0.848. The van der Waals surface area contributed by atoms with E-state index in [9.17, 15) is 14.3 Å². The van der Waals surface area contributed by atoms with Gasteiger partial charge in [-0.25, -0.2) is 9.82 Å². The van der Waals surface area contributed by atoms with Crippen molar-refractivity contribution in [1.29, 1.82) is 0 Å². The maximum absolute atomic E-state index is 12.9. The van der Waals surface area contributed by atoms with Crippen LogP contribution < -0.4 is 21.5 Å². The first kappa shape index (κ1) is 18.1. The normalized spacial score (nSPS) is 27.7. The first-order chi connectivity index (χ1) is 10.6. The molecule has 0 radical (unpaired) electrons. The molecule has 0 saturated carbocycles. The van der Waals surface area contributed by atoms with Crippen molar-refractivity contribution in [3.63, 3.8) is 0 Å². The van der Waals surface area contributed by atoms with Gasteiger partial charge in [0.25, 0.3) is 0 Å². The van der Waals surface area contributed by atoms with Crippen molar-refractivity contribution in [2.24, 2.45) is 5.92 Å². The third-order valence-corrected chi connectivity index (χ3v) is 4.39. The van der Waals surface area contributed by atoms with E-state index in [1.165, 1.54) is 24.3 Å². The lowest BCUT2D eigenvalue weighted by Crippen LogP contribution is -2.49. The van der Waals surface area contributed by atoms with E-state index in [0.717, 1.165) is 19.5 Å². The summed E-state index contributed by atoms with van der Waals surface area (Å²) in [6, 6.07) is 5.62. The molecule has 2 aliphatic rings. The molecule has 1 aromatic rings. The quantitative estimate of drug-likeness (QED) is 0.524. The molecule has 0 spiro atoms. The second-order valence-electron chi connectivity index (χ2n) is 5.84. The maximum Gasteiger partial charge on any atom is 0.238 e. The summed E-state index contributed by atoms with van der Waals surface area (Å²) in [5.74, 6) is -0.279. The highest BCUT2D eigenvalue weighted by Crippen LogP contribution is 2.20. The average Bonchev–Trinajstić information content (AvgIpc) is 2.97. The lowest BCUT2D eigenvalue weighted by atomic mass is 9.89. The average molecular weight is 345 g/mol. The summed E-state index contributed by atoms with van der Waals surface area (Å²) in [7, 11) is 0. The summed E-state index contributed by atoms with van der Waals surface area (Å²) in [6.07, 6.45) is 0.138. The molecule has 4 atom stereocenters. The summed E-state index contributed by atoms with van der Waals surface area (Å²) in [4.78, 5) is 12.3. The van der Waals surface area contributed by atoms with Crippen LogP contribution in [0.1, 0.15) is 18.1 Å². The van der Waals surface area contributed by atoms with Crippen LogP contribution in [-0.2, 0) is 4.79 Å². The number of benzene rings is 1. The number of piperidine rings is 1. The number of rotatable bonds is 4. The Kier molecular flexibility index (Phi) is 6.32. The second-order valence-corrected chi connectivity index (χ2v) is 5.84. The van der Waals surface area contributed by atoms with Crippen molar-refractivity contribution in [1.82, 2.24) is 21.5 Å². The SMILES string of the molecule is Cl.O=C(NCC(O)c1ccc(F)cc1)C1NNC2CCNCC21. The molecule has 1 amide bonds. The van der Waals surface area contributed by atoms with Gasteiger partial charge in [0.15, 0.2) is 0 Å². The first-order valence-corrected chi connectivity index (χ1v) is 7.58. The van der Waals surface area contributed by atoms with Crippen molar-refractivity contribution in [3.8, 4) is 0 Å². The van der Waals surface area contributed by atoms with Gasteiger partial charge in [-0.2, -0.15) is 0 Å². The lowest BCUT2D eigenvalue weighted by molar-refractivity contribution is -0.124. The van der Waals surface area contributed by atoms with Gasteiger partial charge in [0.05, 0.1) is 6.10 Å². The number of hydrogen-bond donors (Lipinski definition) is 5. The van der Waals surface area contributed by atoms with E-state index in [-0.39, 0.29) is 42.6 Å². The molecule has 2 fully saturated rings. The van der Waals surface area contributed by atoms with Gasteiger partial charge in [0.1, 0.15) is 11.9 Å². The summed E-state index contributed by atoms with van der Waals surface area (Å²) < 4.78 is 12.9. The van der Waals surface area contributed by atoms with Gasteiger partial charge in [0, 0.05) is 25.0 Å². The first-order valence-electron chi connectivity index (χ1n) is 7.58. The van der Waals surface area contributed by atoms with E-state index in [1.807, 2.05) is 0 Å². The number of aliphatic hydroxyl groups is 1. The summed E-state index contributed by atoms with van der Waals surface area (Å²) >= 11 is 0. The predicted molar refractivity (Wildman–Crippen MR) is 86.4 cm³/mol. The topological polar surface area (TPSA) is 85.4 Å². The van der Waals surface area contributed by atoms with Crippen molar-refractivity contribution in [3.05, 3.63) is 35.6 Å². The molecule has 0 aliphatic carbocycles. The molecular formula is C15H22ClFN4O2. The summed E-state index contributed by atoms with van der Waals surface area (Å²) in [5, 5.41) is 16.1. The molecule has 3 rings (SSSR count). The van der Waals surface area contributed by atoms with Crippen LogP contribution in [0.25, 0.3) is 0 Å². The molecule has 2 heterocycles. The van der Waals surface area contributed by atoms with Gasteiger partial charge in [-0.1, -0.05) is 12.1 Å². The number of halogens is 2. The minimum Gasteiger partial charge on any atom is -0.387 e. The highest BCUT2D eigenvalue weighted by molar-refractivity contribution is 5.85. The summed E-state index contributed by atoms with van der Waals surface area (Å²) in [6.45, 7) is 1.85. The van der Waals surface area contributed by atoms with Crippen molar-refractivity contribution >= 4 is 18.3 Å². The molecule has 4 unspecified atom stereocenters. The number of nitrogens with one attached hydrogen (secondary N) is 4. The molecule has 0 bridgehead atoms. The molecule has 2 saturated heterocycles. The van der Waals surface area contributed by atoms with E-state index >= 15 is 0 Å². The van der Waals surface area contributed by atoms with Crippen LogP contribution in [-0.4, -0.2) is 42.7 Å². The van der Waals surface area contributed by atoms with E-state index in [0.29, 0.717) is 11.6 Å². The van der Waals surface area contributed by atoms with Crippen molar-refractivity contribution < 1.29 is 14.3 Å². The van der Waals surface area contributed by atoms with Gasteiger partial charge in [-0.05, 0) is 30.7 Å². The molecular weight excluding hydrogens is 323 g/mol. The van der Waals surface area contributed by atoms with Crippen LogP contribution >= 0.6 is 12.4 Å². The third-order valence-electron chi connectivity index (χ3n) is 4.39. The number of hydrogen-bond acceptors (Lipinski definition) is 5. The van der Waals surface area contributed by atoms with E-state index in [1.54, 1.807) is 0 Å². The van der Waals surface area contributed by atoms with Crippen LogP contribution in [0.2, 0.25) is 0 Å². The number of aliphatic hydroxyl groups excluding tert-OH is 1. The van der Waals surface area contributed by atoms with Crippen LogP contribution in [0.3, 0.4) is 0 Å². The Balaban J connectivity index is 0.00000192. The van der Waals surface area contributed by atoms with Crippen LogP contribution in [0.5, 0.6) is 0 Å². The zero-order valence-corrected chi connectivity index (χ0v) is 13.4. The Morgan fingerprint density at radius 3 is 2.83 bits per heavy atom. The van der Waals surface area contributed by atoms with Gasteiger partial charge < -0.3 is 15.7 Å². The molecule has 1 aromatic carbocycles. The molecule has 128 valence electrons. The number of carbonyl (C=O) groups is 1. The number of carbonyl (C=O) groups excluding carboxylic acids is 1. The Morgan fingerprint density at radius 2 is 2.09 bits per heavy atom. The van der Waals surface area contributed by atoms with Gasteiger partial charge >= 0.3 is 0 Å². The van der Waals surface area contributed by atoms with E-state index < -0.39 is 6.10 Å². The van der Waals surface area contributed by atoms with Gasteiger partial charge in [0.2, 0.25) is 5.91 Å². The van der Waals surface area contributed by atoms with Crippen LogP contribution in [0, 0.1) is 11.7 Å². The third kappa shape index (κ3) is 4.19.